The van der Waals surface area contributed by atoms with Crippen molar-refractivity contribution in [1.82, 2.24) is 9.78 Å². The molecule has 0 saturated carbocycles. The van der Waals surface area contributed by atoms with E-state index in [1.54, 1.807) is 0 Å². The Kier molecular flexibility index (Phi) is 5.34. The third kappa shape index (κ3) is 3.75. The van der Waals surface area contributed by atoms with Crippen LogP contribution in [0.4, 0.5) is 5.82 Å². The van der Waals surface area contributed by atoms with Gasteiger partial charge in [0.1, 0.15) is 6.10 Å². The van der Waals surface area contributed by atoms with E-state index >= 15 is 0 Å². The van der Waals surface area contributed by atoms with Gasteiger partial charge in [-0.15, -0.1) is 0 Å². The van der Waals surface area contributed by atoms with Gasteiger partial charge in [0.25, 0.3) is 0 Å². The first-order valence-electron chi connectivity index (χ1n) is 8.75. The second-order valence-electron chi connectivity index (χ2n) is 6.26. The topological polar surface area (TPSA) is 30.3 Å². The van der Waals surface area contributed by atoms with E-state index in [0.29, 0.717) is 0 Å². The molecule has 0 radical (unpaired) electrons. The third-order valence-electron chi connectivity index (χ3n) is 4.44. The molecule has 1 aromatic carbocycles. The van der Waals surface area contributed by atoms with Gasteiger partial charge in [-0.25, -0.2) is 0 Å². The van der Waals surface area contributed by atoms with Crippen molar-refractivity contribution in [3.8, 4) is 0 Å². The van der Waals surface area contributed by atoms with Crippen molar-refractivity contribution in [1.29, 1.82) is 0 Å². The minimum atomic E-state index is -0.0489. The number of hydrogen-bond acceptors (Lipinski definition) is 3. The number of aryl methyl sites for hydroxylation is 1. The molecule has 1 aromatic heterocycles. The molecule has 23 heavy (non-hydrogen) atoms. The normalized spacial score (nSPS) is 16.5. The van der Waals surface area contributed by atoms with Crippen LogP contribution in [0.3, 0.4) is 0 Å². The van der Waals surface area contributed by atoms with Gasteiger partial charge in [0, 0.05) is 32.8 Å². The van der Waals surface area contributed by atoms with Crippen LogP contribution >= 0.6 is 0 Å². The summed E-state index contributed by atoms with van der Waals surface area (Å²) >= 11 is 0. The Bertz CT molecular complexity index is 602. The van der Waals surface area contributed by atoms with Crippen LogP contribution in [0.15, 0.2) is 36.4 Å². The highest BCUT2D eigenvalue weighted by Crippen LogP contribution is 2.29. The summed E-state index contributed by atoms with van der Waals surface area (Å²) in [6, 6.07) is 12.7. The molecular formula is C19H27N3O. The van der Waals surface area contributed by atoms with E-state index in [-0.39, 0.29) is 6.10 Å². The first kappa shape index (κ1) is 16.1. The van der Waals surface area contributed by atoms with Gasteiger partial charge < -0.3 is 9.64 Å². The van der Waals surface area contributed by atoms with Crippen LogP contribution < -0.4 is 4.90 Å². The fraction of sp³-hybridized carbons (Fsp3) is 0.526. The second-order valence-corrected chi connectivity index (χ2v) is 6.26. The zero-order valence-corrected chi connectivity index (χ0v) is 14.2. The highest BCUT2D eigenvalue weighted by molar-refractivity contribution is 5.42. The van der Waals surface area contributed by atoms with E-state index in [2.05, 4.69) is 42.2 Å². The van der Waals surface area contributed by atoms with Crippen molar-refractivity contribution < 1.29 is 4.74 Å². The molecule has 3 rings (SSSR count). The Morgan fingerprint density at radius 1 is 1.13 bits per heavy atom. The number of ether oxygens (including phenoxy) is 1. The molecule has 2 aromatic rings. The van der Waals surface area contributed by atoms with Gasteiger partial charge in [-0.1, -0.05) is 37.3 Å². The van der Waals surface area contributed by atoms with Crippen molar-refractivity contribution in [3.05, 3.63) is 47.7 Å². The molecule has 1 atom stereocenters. The van der Waals surface area contributed by atoms with Gasteiger partial charge in [-0.05, 0) is 31.2 Å². The minimum Gasteiger partial charge on any atom is -0.367 e. The van der Waals surface area contributed by atoms with Crippen LogP contribution in [-0.2, 0) is 11.8 Å². The van der Waals surface area contributed by atoms with E-state index < -0.39 is 0 Å². The van der Waals surface area contributed by atoms with Gasteiger partial charge in [0.05, 0.1) is 5.69 Å². The lowest BCUT2D eigenvalue weighted by Gasteiger charge is -2.26. The molecule has 0 spiro atoms. The lowest BCUT2D eigenvalue weighted by atomic mass is 10.1. The van der Waals surface area contributed by atoms with Crippen molar-refractivity contribution in [2.75, 3.05) is 24.6 Å². The molecule has 0 N–H and O–H groups in total. The van der Waals surface area contributed by atoms with Gasteiger partial charge in [0.2, 0.25) is 0 Å². The zero-order valence-electron chi connectivity index (χ0n) is 14.2. The molecule has 124 valence electrons. The molecule has 2 heterocycles. The van der Waals surface area contributed by atoms with Crippen LogP contribution in [0, 0.1) is 0 Å². The number of hydrogen-bond donors (Lipinski definition) is 0. The van der Waals surface area contributed by atoms with E-state index in [1.165, 1.54) is 24.8 Å². The maximum absolute atomic E-state index is 6.17. The predicted octanol–water partition coefficient (Wildman–Crippen LogP) is 3.93. The Morgan fingerprint density at radius 3 is 2.57 bits per heavy atom. The van der Waals surface area contributed by atoms with Crippen LogP contribution in [0.25, 0.3) is 0 Å². The van der Waals surface area contributed by atoms with Crippen molar-refractivity contribution >= 4 is 5.82 Å². The third-order valence-corrected chi connectivity index (χ3v) is 4.44. The second kappa shape index (κ2) is 7.64. The largest absolute Gasteiger partial charge is 0.367 e. The summed E-state index contributed by atoms with van der Waals surface area (Å²) in [6.07, 6.45) is 4.83. The summed E-state index contributed by atoms with van der Waals surface area (Å²) in [6.45, 7) is 5.12. The molecule has 1 aliphatic rings. The SMILES string of the molecule is CCCOC(c1ccccc1)c1cc(N2CCCCC2)nn1C. The summed E-state index contributed by atoms with van der Waals surface area (Å²) in [5, 5.41) is 4.75. The molecule has 4 heteroatoms. The quantitative estimate of drug-likeness (QED) is 0.809. The Balaban J connectivity index is 1.88. The van der Waals surface area contributed by atoms with Crippen LogP contribution in [0.5, 0.6) is 0 Å². The molecule has 4 nitrogen and oxygen atoms in total. The van der Waals surface area contributed by atoms with Crippen LogP contribution in [0.2, 0.25) is 0 Å². The average molecular weight is 313 g/mol. The summed E-state index contributed by atoms with van der Waals surface area (Å²) in [5.74, 6) is 1.09. The molecule has 0 bridgehead atoms. The van der Waals surface area contributed by atoms with Crippen molar-refractivity contribution in [2.24, 2.45) is 7.05 Å². The Morgan fingerprint density at radius 2 is 1.87 bits per heavy atom. The number of rotatable bonds is 6. The summed E-state index contributed by atoms with van der Waals surface area (Å²) in [7, 11) is 2.02. The lowest BCUT2D eigenvalue weighted by molar-refractivity contribution is 0.0752. The van der Waals surface area contributed by atoms with Crippen LogP contribution in [-0.4, -0.2) is 29.5 Å². The van der Waals surface area contributed by atoms with E-state index in [1.807, 2.05) is 17.8 Å². The summed E-state index contributed by atoms with van der Waals surface area (Å²) in [5.41, 5.74) is 2.32. The predicted molar refractivity (Wildman–Crippen MR) is 93.8 cm³/mol. The smallest absolute Gasteiger partial charge is 0.150 e. The first-order chi connectivity index (χ1) is 11.3. The fourth-order valence-electron chi connectivity index (χ4n) is 3.20. The molecule has 1 unspecified atom stereocenters. The summed E-state index contributed by atoms with van der Waals surface area (Å²) < 4.78 is 8.15. The molecule has 1 saturated heterocycles. The number of piperidine rings is 1. The Labute approximate surface area is 139 Å². The highest BCUT2D eigenvalue weighted by atomic mass is 16.5. The maximum atomic E-state index is 6.17. The number of anilines is 1. The molecular weight excluding hydrogens is 286 g/mol. The molecule has 1 aliphatic heterocycles. The fourth-order valence-corrected chi connectivity index (χ4v) is 3.20. The van der Waals surface area contributed by atoms with Crippen molar-refractivity contribution in [3.63, 3.8) is 0 Å². The maximum Gasteiger partial charge on any atom is 0.150 e. The monoisotopic (exact) mass is 313 g/mol. The van der Waals surface area contributed by atoms with Gasteiger partial charge in [-0.3, -0.25) is 4.68 Å². The van der Waals surface area contributed by atoms with Gasteiger partial charge in [0.15, 0.2) is 5.82 Å². The minimum absolute atomic E-state index is 0.0489. The number of nitrogens with zero attached hydrogens (tertiary/aromatic N) is 3. The van der Waals surface area contributed by atoms with Gasteiger partial charge in [-0.2, -0.15) is 5.10 Å². The lowest BCUT2D eigenvalue weighted by Crippen LogP contribution is -2.29. The van der Waals surface area contributed by atoms with Crippen LogP contribution in [0.1, 0.15) is 50.0 Å². The van der Waals surface area contributed by atoms with E-state index in [0.717, 1.165) is 37.6 Å². The number of aromatic nitrogens is 2. The molecule has 1 fully saturated rings. The van der Waals surface area contributed by atoms with Gasteiger partial charge >= 0.3 is 0 Å². The first-order valence-corrected chi connectivity index (χ1v) is 8.75. The average Bonchev–Trinajstić information content (AvgIpc) is 2.99. The molecule has 0 aliphatic carbocycles. The Hall–Kier alpha value is -1.81. The molecule has 0 amide bonds. The standard InChI is InChI=1S/C19H27N3O/c1-3-14-23-19(16-10-6-4-7-11-16)17-15-18(20-21(17)2)22-12-8-5-9-13-22/h4,6-7,10-11,15,19H,3,5,8-9,12-14H2,1-2H3. The van der Waals surface area contributed by atoms with E-state index in [9.17, 15) is 0 Å². The zero-order chi connectivity index (χ0) is 16.1. The summed E-state index contributed by atoms with van der Waals surface area (Å²) in [4.78, 5) is 2.40. The van der Waals surface area contributed by atoms with Crippen molar-refractivity contribution in [2.45, 2.75) is 38.7 Å². The van der Waals surface area contributed by atoms with E-state index in [4.69, 9.17) is 9.84 Å². The highest BCUT2D eigenvalue weighted by Gasteiger charge is 2.22. The number of benzene rings is 1.